The van der Waals surface area contributed by atoms with E-state index in [-0.39, 0.29) is 5.91 Å². The Morgan fingerprint density at radius 1 is 1.21 bits per heavy atom. The summed E-state index contributed by atoms with van der Waals surface area (Å²) in [5, 5.41) is 2.82. The molecule has 2 heterocycles. The lowest BCUT2D eigenvalue weighted by Crippen LogP contribution is -2.59. The minimum absolute atomic E-state index is 0.288. The molecule has 152 valence electrons. The molecule has 2 amide bonds. The number of carbonyl (C=O) groups excluding carboxylic acids is 3. The van der Waals surface area contributed by atoms with E-state index in [9.17, 15) is 14.4 Å². The number of hydrogen-bond acceptors (Lipinski definition) is 4. The van der Waals surface area contributed by atoms with Crippen molar-refractivity contribution in [1.82, 2.24) is 4.57 Å². The molecule has 0 saturated heterocycles. The number of aryl methyl sites for hydroxylation is 1. The molecule has 0 spiro atoms. The summed E-state index contributed by atoms with van der Waals surface area (Å²) in [7, 11) is 0. The summed E-state index contributed by atoms with van der Waals surface area (Å²) in [6, 6.07) is 9.36. The standard InChI is InChI=1S/C22H25N3O4/c1-13-11-16(14(2)24(13)15-9-10-15)20(27)29-12-19(26)25-18-8-6-5-7-17(18)23-21(28)22(25,3)4/h5-8,11,15H,9-10,12H2,1-4H3,(H,23,28). The smallest absolute Gasteiger partial charge is 0.340 e. The molecule has 2 aliphatic rings. The van der Waals surface area contributed by atoms with E-state index in [1.807, 2.05) is 19.9 Å². The van der Waals surface area contributed by atoms with Gasteiger partial charge in [0.2, 0.25) is 5.91 Å². The molecule has 1 N–H and O–H groups in total. The maximum atomic E-state index is 13.0. The summed E-state index contributed by atoms with van der Waals surface area (Å²) < 4.78 is 7.52. The van der Waals surface area contributed by atoms with Crippen molar-refractivity contribution >= 4 is 29.2 Å². The summed E-state index contributed by atoms with van der Waals surface area (Å²) in [6.07, 6.45) is 2.24. The molecule has 7 nitrogen and oxygen atoms in total. The second-order valence-electron chi connectivity index (χ2n) is 8.22. The predicted octanol–water partition coefficient (Wildman–Crippen LogP) is 3.36. The van der Waals surface area contributed by atoms with Crippen LogP contribution in [0.25, 0.3) is 0 Å². The Bertz CT molecular complexity index is 1020. The van der Waals surface area contributed by atoms with Crippen molar-refractivity contribution in [1.29, 1.82) is 0 Å². The number of carbonyl (C=O) groups is 3. The average molecular weight is 395 g/mol. The van der Waals surface area contributed by atoms with Crippen molar-refractivity contribution in [3.05, 3.63) is 47.3 Å². The van der Waals surface area contributed by atoms with Gasteiger partial charge in [-0.25, -0.2) is 4.79 Å². The lowest BCUT2D eigenvalue weighted by Gasteiger charge is -2.41. The van der Waals surface area contributed by atoms with E-state index in [4.69, 9.17) is 4.74 Å². The summed E-state index contributed by atoms with van der Waals surface area (Å²) in [5.74, 6) is -1.25. The van der Waals surface area contributed by atoms with Crippen molar-refractivity contribution in [3.8, 4) is 0 Å². The third-order valence-corrected chi connectivity index (χ3v) is 5.70. The van der Waals surface area contributed by atoms with Gasteiger partial charge in [0.15, 0.2) is 6.61 Å². The lowest BCUT2D eigenvalue weighted by molar-refractivity contribution is -0.128. The first-order valence-electron chi connectivity index (χ1n) is 9.81. The summed E-state index contributed by atoms with van der Waals surface area (Å²) in [4.78, 5) is 39.5. The third kappa shape index (κ3) is 3.20. The number of nitrogens with zero attached hydrogens (tertiary/aromatic N) is 2. The molecule has 0 radical (unpaired) electrons. The number of ether oxygens (including phenoxy) is 1. The van der Waals surface area contributed by atoms with Crippen LogP contribution in [0.5, 0.6) is 0 Å². The Morgan fingerprint density at radius 3 is 2.59 bits per heavy atom. The molecule has 4 rings (SSSR count). The SMILES string of the molecule is Cc1cc(C(=O)OCC(=O)N2c3ccccc3NC(=O)C2(C)C)c(C)n1C1CC1. The lowest BCUT2D eigenvalue weighted by atomic mass is 9.96. The van der Waals surface area contributed by atoms with Gasteiger partial charge in [0.05, 0.1) is 16.9 Å². The van der Waals surface area contributed by atoms with E-state index in [1.165, 1.54) is 4.90 Å². The molecule has 1 aliphatic heterocycles. The van der Waals surface area contributed by atoms with E-state index < -0.39 is 24.0 Å². The first kappa shape index (κ1) is 19.2. The van der Waals surface area contributed by atoms with Gasteiger partial charge in [0.25, 0.3) is 5.91 Å². The first-order chi connectivity index (χ1) is 13.7. The third-order valence-electron chi connectivity index (χ3n) is 5.70. The maximum absolute atomic E-state index is 13.0. The Morgan fingerprint density at radius 2 is 1.90 bits per heavy atom. The van der Waals surface area contributed by atoms with Gasteiger partial charge in [0, 0.05) is 17.4 Å². The molecule has 1 saturated carbocycles. The van der Waals surface area contributed by atoms with Gasteiger partial charge >= 0.3 is 5.97 Å². The van der Waals surface area contributed by atoms with E-state index in [0.717, 1.165) is 24.2 Å². The molecule has 7 heteroatoms. The number of para-hydroxylation sites is 2. The van der Waals surface area contributed by atoms with Gasteiger partial charge in [0.1, 0.15) is 5.54 Å². The second-order valence-corrected chi connectivity index (χ2v) is 8.22. The first-order valence-corrected chi connectivity index (χ1v) is 9.81. The zero-order valence-electron chi connectivity index (χ0n) is 17.1. The van der Waals surface area contributed by atoms with Gasteiger partial charge in [-0.1, -0.05) is 12.1 Å². The fraction of sp³-hybridized carbons (Fsp3) is 0.409. The topological polar surface area (TPSA) is 80.6 Å². The van der Waals surface area contributed by atoms with Crippen LogP contribution in [0.1, 0.15) is 54.5 Å². The van der Waals surface area contributed by atoms with Crippen LogP contribution in [0.15, 0.2) is 30.3 Å². The van der Waals surface area contributed by atoms with Crippen molar-refractivity contribution in [3.63, 3.8) is 0 Å². The molecule has 1 aliphatic carbocycles. The van der Waals surface area contributed by atoms with E-state index in [2.05, 4.69) is 9.88 Å². The summed E-state index contributed by atoms with van der Waals surface area (Å²) in [5.41, 5.74) is 2.42. The Kier molecular flexibility index (Phi) is 4.48. The molecule has 2 aromatic rings. The van der Waals surface area contributed by atoms with Crippen LogP contribution in [0.2, 0.25) is 0 Å². The van der Waals surface area contributed by atoms with Crippen LogP contribution in [-0.2, 0) is 14.3 Å². The quantitative estimate of drug-likeness (QED) is 0.805. The van der Waals surface area contributed by atoms with Crippen LogP contribution in [0, 0.1) is 13.8 Å². The predicted molar refractivity (Wildman–Crippen MR) is 109 cm³/mol. The summed E-state index contributed by atoms with van der Waals surface area (Å²) in [6.45, 7) is 6.77. The van der Waals surface area contributed by atoms with Gasteiger partial charge in [-0.05, 0) is 58.7 Å². The highest BCUT2D eigenvalue weighted by Crippen LogP contribution is 2.39. The Labute approximate surface area is 169 Å². The number of amides is 2. The normalized spacial score (nSPS) is 17.5. The number of esters is 1. The Hall–Kier alpha value is -3.09. The Balaban J connectivity index is 1.53. The van der Waals surface area contributed by atoms with Crippen molar-refractivity contribution in [2.45, 2.75) is 52.1 Å². The molecule has 1 aromatic carbocycles. The monoisotopic (exact) mass is 395 g/mol. The van der Waals surface area contributed by atoms with Crippen LogP contribution in [0.3, 0.4) is 0 Å². The minimum Gasteiger partial charge on any atom is -0.452 e. The number of anilines is 2. The van der Waals surface area contributed by atoms with Crippen molar-refractivity contribution < 1.29 is 19.1 Å². The number of fused-ring (bicyclic) bond motifs is 1. The molecular formula is C22H25N3O4. The van der Waals surface area contributed by atoms with Gasteiger partial charge in [-0.2, -0.15) is 0 Å². The molecular weight excluding hydrogens is 370 g/mol. The van der Waals surface area contributed by atoms with E-state index in [1.54, 1.807) is 38.1 Å². The highest BCUT2D eigenvalue weighted by atomic mass is 16.5. The van der Waals surface area contributed by atoms with Crippen molar-refractivity contribution in [2.24, 2.45) is 0 Å². The molecule has 0 bridgehead atoms. The van der Waals surface area contributed by atoms with E-state index >= 15 is 0 Å². The molecule has 29 heavy (non-hydrogen) atoms. The van der Waals surface area contributed by atoms with Gasteiger partial charge in [-0.15, -0.1) is 0 Å². The van der Waals surface area contributed by atoms with Crippen LogP contribution < -0.4 is 10.2 Å². The van der Waals surface area contributed by atoms with Crippen LogP contribution in [-0.4, -0.2) is 34.5 Å². The number of benzene rings is 1. The zero-order chi connectivity index (χ0) is 20.9. The molecule has 0 atom stereocenters. The number of aromatic nitrogens is 1. The maximum Gasteiger partial charge on any atom is 0.340 e. The number of nitrogens with one attached hydrogen (secondary N) is 1. The fourth-order valence-electron chi connectivity index (χ4n) is 4.05. The molecule has 1 fully saturated rings. The van der Waals surface area contributed by atoms with E-state index in [0.29, 0.717) is 23.0 Å². The van der Waals surface area contributed by atoms with Gasteiger partial charge in [-0.3, -0.25) is 14.5 Å². The second kappa shape index (κ2) is 6.76. The van der Waals surface area contributed by atoms with Crippen molar-refractivity contribution in [2.75, 3.05) is 16.8 Å². The molecule has 1 aromatic heterocycles. The largest absolute Gasteiger partial charge is 0.452 e. The fourth-order valence-corrected chi connectivity index (χ4v) is 4.05. The number of rotatable bonds is 4. The van der Waals surface area contributed by atoms with Crippen LogP contribution >= 0.6 is 0 Å². The number of hydrogen-bond donors (Lipinski definition) is 1. The van der Waals surface area contributed by atoms with Crippen LogP contribution in [0.4, 0.5) is 11.4 Å². The minimum atomic E-state index is -1.10. The zero-order valence-corrected chi connectivity index (χ0v) is 17.1. The highest BCUT2D eigenvalue weighted by Gasteiger charge is 2.43. The van der Waals surface area contributed by atoms with Gasteiger partial charge < -0.3 is 14.6 Å². The average Bonchev–Trinajstić information content (AvgIpc) is 3.45. The summed E-state index contributed by atoms with van der Waals surface area (Å²) >= 11 is 0. The molecule has 0 unspecified atom stereocenters. The highest BCUT2D eigenvalue weighted by molar-refractivity contribution is 6.14.